The first-order valence-corrected chi connectivity index (χ1v) is 10.6. The number of nitrogens with zero attached hydrogens (tertiary/aromatic N) is 6. The smallest absolute Gasteiger partial charge is 0.188 e. The van der Waals surface area contributed by atoms with Crippen LogP contribution in [-0.2, 0) is 4.74 Å². The summed E-state index contributed by atoms with van der Waals surface area (Å²) in [6, 6.07) is 5.85. The molecule has 0 bridgehead atoms. The maximum absolute atomic E-state index is 5.76. The zero-order chi connectivity index (χ0) is 22.8. The van der Waals surface area contributed by atoms with Gasteiger partial charge in [0.2, 0.25) is 0 Å². The Morgan fingerprint density at radius 3 is 2.44 bits per heavy atom. The van der Waals surface area contributed by atoms with Crippen molar-refractivity contribution < 1.29 is 9.47 Å². The summed E-state index contributed by atoms with van der Waals surface area (Å²) >= 11 is 0. The van der Waals surface area contributed by atoms with Crippen LogP contribution in [0.1, 0.15) is 40.5 Å². The fraction of sp³-hybridized carbons (Fsp3) is 0.500. The molecule has 0 radical (unpaired) electrons. The van der Waals surface area contributed by atoms with E-state index in [1.54, 1.807) is 25.7 Å². The van der Waals surface area contributed by atoms with Crippen LogP contribution in [0.5, 0.6) is 5.75 Å². The minimum absolute atomic E-state index is 0.0407. The van der Waals surface area contributed by atoms with Gasteiger partial charge in [-0.1, -0.05) is 0 Å². The molecule has 1 saturated heterocycles. The second-order valence-corrected chi connectivity index (χ2v) is 9.36. The van der Waals surface area contributed by atoms with Gasteiger partial charge < -0.3 is 20.1 Å². The van der Waals surface area contributed by atoms with E-state index in [9.17, 15) is 0 Å². The quantitative estimate of drug-likeness (QED) is 0.538. The number of hydrogen-bond acceptors (Lipinski definition) is 9. The lowest BCUT2D eigenvalue weighted by molar-refractivity contribution is 0.0515. The Balaban J connectivity index is 1.54. The molecule has 32 heavy (non-hydrogen) atoms. The predicted molar refractivity (Wildman–Crippen MR) is 121 cm³/mol. The van der Waals surface area contributed by atoms with Gasteiger partial charge in [-0.2, -0.15) is 15.0 Å². The molecule has 3 aromatic rings. The second-order valence-electron chi connectivity index (χ2n) is 9.36. The lowest BCUT2D eigenvalue weighted by Crippen LogP contribution is -2.60. The summed E-state index contributed by atoms with van der Waals surface area (Å²) in [6.45, 7) is 8.98. The first kappa shape index (κ1) is 22.1. The Kier molecular flexibility index (Phi) is 6.07. The highest BCUT2D eigenvalue weighted by atomic mass is 16.7. The predicted octanol–water partition coefficient (Wildman–Crippen LogP) is 2.82. The normalized spacial score (nSPS) is 17.8. The summed E-state index contributed by atoms with van der Waals surface area (Å²) in [5.74, 6) is 1.68. The van der Waals surface area contributed by atoms with E-state index in [2.05, 4.69) is 63.7 Å². The molecule has 0 atom stereocenters. The first-order valence-electron chi connectivity index (χ1n) is 10.6. The molecule has 4 rings (SSSR count). The lowest BCUT2D eigenvalue weighted by atomic mass is 9.79. The van der Waals surface area contributed by atoms with Crippen molar-refractivity contribution in [2.45, 2.75) is 57.7 Å². The molecule has 0 amide bonds. The van der Waals surface area contributed by atoms with Gasteiger partial charge in [-0.25, -0.2) is 4.98 Å². The highest BCUT2D eigenvalue weighted by Gasteiger charge is 2.37. The maximum atomic E-state index is 5.76. The Hall–Kier alpha value is -3.11. The topological polar surface area (TPSA) is 112 Å². The van der Waals surface area contributed by atoms with Gasteiger partial charge in [0.1, 0.15) is 5.75 Å². The molecule has 2 aromatic heterocycles. The van der Waals surface area contributed by atoms with Crippen LogP contribution < -0.4 is 15.4 Å². The van der Waals surface area contributed by atoms with Gasteiger partial charge >= 0.3 is 0 Å². The lowest BCUT2D eigenvalue weighted by Gasteiger charge is -2.46. The summed E-state index contributed by atoms with van der Waals surface area (Å²) in [4.78, 5) is 6.05. The average Bonchev–Trinajstić information content (AvgIpc) is 3.25. The number of aromatic nitrogens is 6. The van der Waals surface area contributed by atoms with E-state index in [1.807, 2.05) is 18.2 Å². The van der Waals surface area contributed by atoms with E-state index in [0.29, 0.717) is 23.0 Å². The Morgan fingerprint density at radius 1 is 1.09 bits per heavy atom. The third-order valence-electron chi connectivity index (χ3n) is 5.29. The van der Waals surface area contributed by atoms with Gasteiger partial charge in [0, 0.05) is 30.3 Å². The van der Waals surface area contributed by atoms with Crippen molar-refractivity contribution >= 4 is 5.82 Å². The van der Waals surface area contributed by atoms with E-state index in [1.165, 1.54) is 4.80 Å². The van der Waals surface area contributed by atoms with Crippen molar-refractivity contribution in [3.05, 3.63) is 36.8 Å². The molecule has 1 aliphatic heterocycles. The van der Waals surface area contributed by atoms with Crippen LogP contribution in [0.3, 0.4) is 0 Å². The number of rotatable bonds is 7. The summed E-state index contributed by atoms with van der Waals surface area (Å²) < 4.78 is 10.8. The summed E-state index contributed by atoms with van der Waals surface area (Å²) in [5, 5.41) is 24.2. The molecule has 2 N–H and O–H groups in total. The standard InChI is InChI=1S/C22H30N8O2/c1-21(2)11-15(12-22(3,4)29-21)26-19-13-23-20(28-27-19)17-7-6-16(30-24-8-9-25-30)10-18(17)32-14-31-5/h6-10,13,15,29H,11-12,14H2,1-5H3,(H,26,27). The van der Waals surface area contributed by atoms with E-state index >= 15 is 0 Å². The highest BCUT2D eigenvalue weighted by molar-refractivity contribution is 5.66. The molecule has 170 valence electrons. The van der Waals surface area contributed by atoms with Crippen molar-refractivity contribution in [2.75, 3.05) is 19.2 Å². The number of benzene rings is 1. The fourth-order valence-electron chi connectivity index (χ4n) is 4.51. The molecule has 0 spiro atoms. The Labute approximate surface area is 187 Å². The fourth-order valence-corrected chi connectivity index (χ4v) is 4.51. The van der Waals surface area contributed by atoms with Gasteiger partial charge in [-0.15, -0.1) is 10.2 Å². The zero-order valence-electron chi connectivity index (χ0n) is 19.2. The van der Waals surface area contributed by atoms with Crippen molar-refractivity contribution in [2.24, 2.45) is 0 Å². The number of nitrogens with one attached hydrogen (secondary N) is 2. The third kappa shape index (κ3) is 5.20. The van der Waals surface area contributed by atoms with E-state index in [-0.39, 0.29) is 23.9 Å². The molecule has 0 aliphatic carbocycles. The molecule has 1 aliphatic rings. The summed E-state index contributed by atoms with van der Waals surface area (Å²) in [5.41, 5.74) is 1.55. The molecule has 3 heterocycles. The van der Waals surface area contributed by atoms with Crippen molar-refractivity contribution in [1.82, 2.24) is 35.5 Å². The Bertz CT molecular complexity index is 1020. The van der Waals surface area contributed by atoms with Gasteiger partial charge in [-0.05, 0) is 52.7 Å². The molecular formula is C22H30N8O2. The van der Waals surface area contributed by atoms with Crippen LogP contribution in [0, 0.1) is 0 Å². The SMILES string of the molecule is COCOc1cc(-n2nccn2)ccc1-c1ncc(NC2CC(C)(C)NC(C)(C)C2)nn1. The van der Waals surface area contributed by atoms with E-state index < -0.39 is 0 Å². The van der Waals surface area contributed by atoms with Gasteiger partial charge in [0.05, 0.1) is 29.8 Å². The van der Waals surface area contributed by atoms with Crippen molar-refractivity contribution in [3.63, 3.8) is 0 Å². The Morgan fingerprint density at radius 2 is 1.81 bits per heavy atom. The molecule has 10 nitrogen and oxygen atoms in total. The molecule has 10 heteroatoms. The van der Waals surface area contributed by atoms with Crippen LogP contribution in [0.2, 0.25) is 0 Å². The largest absolute Gasteiger partial charge is 0.467 e. The van der Waals surface area contributed by atoms with Crippen LogP contribution >= 0.6 is 0 Å². The number of anilines is 1. The third-order valence-corrected chi connectivity index (χ3v) is 5.29. The number of ether oxygens (including phenoxy) is 2. The van der Waals surface area contributed by atoms with Crippen LogP contribution in [-0.4, -0.2) is 61.2 Å². The minimum Gasteiger partial charge on any atom is -0.467 e. The minimum atomic E-state index is 0.0407. The van der Waals surface area contributed by atoms with Crippen LogP contribution in [0.25, 0.3) is 17.1 Å². The number of methoxy groups -OCH3 is 1. The summed E-state index contributed by atoms with van der Waals surface area (Å²) in [7, 11) is 1.57. The van der Waals surface area contributed by atoms with Gasteiger partial charge in [0.25, 0.3) is 0 Å². The molecule has 0 saturated carbocycles. The number of hydrogen-bond donors (Lipinski definition) is 2. The maximum Gasteiger partial charge on any atom is 0.188 e. The molecule has 1 fully saturated rings. The van der Waals surface area contributed by atoms with E-state index in [4.69, 9.17) is 9.47 Å². The molecular weight excluding hydrogens is 408 g/mol. The van der Waals surface area contributed by atoms with Crippen molar-refractivity contribution in [1.29, 1.82) is 0 Å². The van der Waals surface area contributed by atoms with Gasteiger partial charge in [-0.3, -0.25) is 0 Å². The van der Waals surface area contributed by atoms with Crippen LogP contribution in [0.4, 0.5) is 5.82 Å². The van der Waals surface area contributed by atoms with Crippen molar-refractivity contribution in [3.8, 4) is 22.8 Å². The summed E-state index contributed by atoms with van der Waals surface area (Å²) in [6.07, 6.45) is 6.92. The van der Waals surface area contributed by atoms with Crippen LogP contribution in [0.15, 0.2) is 36.8 Å². The highest BCUT2D eigenvalue weighted by Crippen LogP contribution is 2.31. The molecule has 0 unspecified atom stereocenters. The monoisotopic (exact) mass is 438 g/mol. The van der Waals surface area contributed by atoms with E-state index in [0.717, 1.165) is 18.5 Å². The first-order chi connectivity index (χ1) is 15.2. The average molecular weight is 439 g/mol. The van der Waals surface area contributed by atoms with Gasteiger partial charge in [0.15, 0.2) is 18.4 Å². The second kappa shape index (κ2) is 8.79. The molecule has 1 aromatic carbocycles. The zero-order valence-corrected chi connectivity index (χ0v) is 19.2. The number of piperidine rings is 1.